The number of rotatable bonds is 3. The van der Waals surface area contributed by atoms with Gasteiger partial charge < -0.3 is 0 Å². The first-order valence-corrected chi connectivity index (χ1v) is 5.12. The summed E-state index contributed by atoms with van der Waals surface area (Å²) in [5.74, 6) is 2.20. The Morgan fingerprint density at radius 1 is 1.33 bits per heavy atom. The minimum atomic E-state index is 0.664. The van der Waals surface area contributed by atoms with Crippen LogP contribution in [-0.4, -0.2) is 0 Å². The van der Waals surface area contributed by atoms with Gasteiger partial charge in [0.1, 0.15) is 0 Å². The molecule has 0 radical (unpaired) electrons. The van der Waals surface area contributed by atoms with Gasteiger partial charge in [0.15, 0.2) is 0 Å². The second-order valence-corrected chi connectivity index (χ2v) is 4.31. The van der Waals surface area contributed by atoms with E-state index in [1.165, 1.54) is 25.7 Å². The van der Waals surface area contributed by atoms with Crippen molar-refractivity contribution in [3.63, 3.8) is 0 Å². The van der Waals surface area contributed by atoms with Gasteiger partial charge in [-0.1, -0.05) is 39.5 Å². The maximum Gasteiger partial charge on any atom is 0.0624 e. The highest BCUT2D eigenvalue weighted by Gasteiger charge is 2.26. The lowest BCUT2D eigenvalue weighted by Gasteiger charge is -2.24. The Morgan fingerprint density at radius 3 is 2.33 bits per heavy atom. The van der Waals surface area contributed by atoms with Crippen molar-refractivity contribution in [2.45, 2.75) is 46.0 Å². The van der Waals surface area contributed by atoms with E-state index in [1.807, 2.05) is 0 Å². The van der Waals surface area contributed by atoms with E-state index in [2.05, 4.69) is 19.9 Å². The highest BCUT2D eigenvalue weighted by atomic mass is 14.3. The Morgan fingerprint density at radius 2 is 1.92 bits per heavy atom. The third-order valence-electron chi connectivity index (χ3n) is 3.19. The third kappa shape index (κ3) is 2.24. The summed E-state index contributed by atoms with van der Waals surface area (Å²) < 4.78 is 0. The van der Waals surface area contributed by atoms with Crippen molar-refractivity contribution in [3.05, 3.63) is 0 Å². The van der Waals surface area contributed by atoms with Gasteiger partial charge in [0.25, 0.3) is 0 Å². The van der Waals surface area contributed by atoms with Gasteiger partial charge in [-0.05, 0) is 17.8 Å². The van der Waals surface area contributed by atoms with Crippen LogP contribution in [0.25, 0.3) is 0 Å². The second kappa shape index (κ2) is 4.50. The average Bonchev–Trinajstić information content (AvgIpc) is 2.51. The molecule has 0 aromatic carbocycles. The molecule has 0 unspecified atom stereocenters. The molecule has 1 atom stereocenters. The van der Waals surface area contributed by atoms with E-state index in [1.54, 1.807) is 0 Å². The molecule has 68 valence electrons. The minimum absolute atomic E-state index is 0.664. The fourth-order valence-electron chi connectivity index (χ4n) is 2.44. The van der Waals surface area contributed by atoms with Crippen LogP contribution in [0.15, 0.2) is 0 Å². The van der Waals surface area contributed by atoms with Gasteiger partial charge in [0.2, 0.25) is 0 Å². The second-order valence-electron chi connectivity index (χ2n) is 4.31. The average molecular weight is 165 g/mol. The molecule has 0 aromatic rings. The first-order valence-electron chi connectivity index (χ1n) is 5.12. The molecule has 0 spiro atoms. The van der Waals surface area contributed by atoms with E-state index in [-0.39, 0.29) is 0 Å². The molecule has 1 heteroatoms. The van der Waals surface area contributed by atoms with Crippen molar-refractivity contribution >= 4 is 0 Å². The highest BCUT2D eigenvalue weighted by molar-refractivity contribution is 4.84. The number of nitrogens with zero attached hydrogens (tertiary/aromatic N) is 1. The van der Waals surface area contributed by atoms with Crippen LogP contribution >= 0.6 is 0 Å². The van der Waals surface area contributed by atoms with Crippen molar-refractivity contribution in [1.82, 2.24) is 0 Å². The molecule has 1 aliphatic carbocycles. The number of hydrogen-bond donors (Lipinski definition) is 0. The van der Waals surface area contributed by atoms with Gasteiger partial charge in [0, 0.05) is 6.42 Å². The van der Waals surface area contributed by atoms with Crippen LogP contribution in [0.3, 0.4) is 0 Å². The number of nitriles is 1. The molecular weight excluding hydrogens is 146 g/mol. The maximum absolute atomic E-state index is 8.70. The predicted molar refractivity (Wildman–Crippen MR) is 50.5 cm³/mol. The Hall–Kier alpha value is -0.510. The Kier molecular flexibility index (Phi) is 3.59. The summed E-state index contributed by atoms with van der Waals surface area (Å²) in [5, 5.41) is 8.70. The lowest BCUT2D eigenvalue weighted by molar-refractivity contribution is 0.262. The first kappa shape index (κ1) is 9.58. The van der Waals surface area contributed by atoms with E-state index in [4.69, 9.17) is 5.26 Å². The fraction of sp³-hybridized carbons (Fsp3) is 0.909. The molecule has 0 saturated heterocycles. The largest absolute Gasteiger partial charge is 0.198 e. The molecule has 0 aliphatic heterocycles. The van der Waals surface area contributed by atoms with Gasteiger partial charge in [-0.25, -0.2) is 0 Å². The smallest absolute Gasteiger partial charge is 0.0624 e. The molecule has 1 rings (SSSR count). The van der Waals surface area contributed by atoms with Crippen LogP contribution in [0.1, 0.15) is 46.0 Å². The molecule has 1 saturated carbocycles. The molecule has 0 amide bonds. The maximum atomic E-state index is 8.70. The van der Waals surface area contributed by atoms with Crippen LogP contribution in [0, 0.1) is 29.1 Å². The predicted octanol–water partition coefficient (Wildman–Crippen LogP) is 3.36. The standard InChI is InChI=1S/C11H19N/c1-9(2)11(7-8-12)10-5-3-4-6-10/h9-11H,3-7H2,1-2H3/t11-/m0/s1. The molecule has 12 heavy (non-hydrogen) atoms. The van der Waals surface area contributed by atoms with Crippen molar-refractivity contribution < 1.29 is 0 Å². The molecule has 1 nitrogen and oxygen atoms in total. The zero-order chi connectivity index (χ0) is 8.97. The van der Waals surface area contributed by atoms with Gasteiger partial charge in [-0.2, -0.15) is 5.26 Å². The van der Waals surface area contributed by atoms with Crippen molar-refractivity contribution in [2.75, 3.05) is 0 Å². The summed E-state index contributed by atoms with van der Waals surface area (Å²) in [5.41, 5.74) is 0. The zero-order valence-electron chi connectivity index (χ0n) is 8.21. The van der Waals surface area contributed by atoms with Crippen LogP contribution in [0.5, 0.6) is 0 Å². The molecule has 0 heterocycles. The molecule has 0 bridgehead atoms. The summed E-state index contributed by atoms with van der Waals surface area (Å²) in [4.78, 5) is 0. The Balaban J connectivity index is 2.47. The fourth-order valence-corrected chi connectivity index (χ4v) is 2.44. The van der Waals surface area contributed by atoms with Crippen molar-refractivity contribution in [2.24, 2.45) is 17.8 Å². The van der Waals surface area contributed by atoms with Crippen LogP contribution in [0.2, 0.25) is 0 Å². The van der Waals surface area contributed by atoms with Crippen LogP contribution in [0.4, 0.5) is 0 Å². The minimum Gasteiger partial charge on any atom is -0.198 e. The first-order chi connectivity index (χ1) is 5.75. The summed E-state index contributed by atoms with van der Waals surface area (Å²) in [7, 11) is 0. The van der Waals surface area contributed by atoms with E-state index in [0.717, 1.165) is 12.3 Å². The van der Waals surface area contributed by atoms with Crippen molar-refractivity contribution in [1.29, 1.82) is 5.26 Å². The molecule has 1 fully saturated rings. The van der Waals surface area contributed by atoms with Crippen LogP contribution < -0.4 is 0 Å². The summed E-state index contributed by atoms with van der Waals surface area (Å²) in [6.07, 6.45) is 6.27. The Labute approximate surface area is 75.8 Å². The Bertz CT molecular complexity index is 160. The van der Waals surface area contributed by atoms with E-state index in [0.29, 0.717) is 11.8 Å². The van der Waals surface area contributed by atoms with Crippen LogP contribution in [-0.2, 0) is 0 Å². The van der Waals surface area contributed by atoms with Gasteiger partial charge in [-0.3, -0.25) is 0 Å². The highest BCUT2D eigenvalue weighted by Crippen LogP contribution is 2.36. The number of hydrogen-bond acceptors (Lipinski definition) is 1. The van der Waals surface area contributed by atoms with Crippen molar-refractivity contribution in [3.8, 4) is 6.07 Å². The normalized spacial score (nSPS) is 21.2. The quantitative estimate of drug-likeness (QED) is 0.629. The SMILES string of the molecule is CC(C)[C@H](CC#N)C1CCCC1. The topological polar surface area (TPSA) is 23.8 Å². The lowest BCUT2D eigenvalue weighted by Crippen LogP contribution is -2.17. The summed E-state index contributed by atoms with van der Waals surface area (Å²) in [6, 6.07) is 2.33. The van der Waals surface area contributed by atoms with Gasteiger partial charge in [0.05, 0.1) is 6.07 Å². The van der Waals surface area contributed by atoms with E-state index >= 15 is 0 Å². The monoisotopic (exact) mass is 165 g/mol. The lowest BCUT2D eigenvalue weighted by atomic mass is 9.80. The summed E-state index contributed by atoms with van der Waals surface area (Å²) >= 11 is 0. The molecule has 1 aliphatic rings. The van der Waals surface area contributed by atoms with E-state index in [9.17, 15) is 0 Å². The molecule has 0 N–H and O–H groups in total. The van der Waals surface area contributed by atoms with Gasteiger partial charge >= 0.3 is 0 Å². The third-order valence-corrected chi connectivity index (χ3v) is 3.19. The zero-order valence-corrected chi connectivity index (χ0v) is 8.21. The molecule has 0 aromatic heterocycles. The van der Waals surface area contributed by atoms with E-state index < -0.39 is 0 Å². The van der Waals surface area contributed by atoms with Gasteiger partial charge in [-0.15, -0.1) is 0 Å². The summed E-state index contributed by atoms with van der Waals surface area (Å²) in [6.45, 7) is 4.50. The molecular formula is C11H19N.